The Kier molecular flexibility index (Phi) is 4.56. The summed E-state index contributed by atoms with van der Waals surface area (Å²) >= 11 is 0. The van der Waals surface area contributed by atoms with Gasteiger partial charge in [-0.25, -0.2) is 4.39 Å². The first-order valence-electron chi connectivity index (χ1n) is 7.17. The summed E-state index contributed by atoms with van der Waals surface area (Å²) in [7, 11) is 0. The lowest BCUT2D eigenvalue weighted by Gasteiger charge is -2.33. The van der Waals surface area contributed by atoms with Gasteiger partial charge in [0.25, 0.3) is 0 Å². The Balaban J connectivity index is 2.05. The maximum atomic E-state index is 14.0. The van der Waals surface area contributed by atoms with Crippen LogP contribution >= 0.6 is 0 Å². The van der Waals surface area contributed by atoms with E-state index in [1.54, 1.807) is 12.1 Å². The van der Waals surface area contributed by atoms with Crippen LogP contribution in [0.5, 0.6) is 0 Å². The maximum absolute atomic E-state index is 14.0. The predicted molar refractivity (Wildman–Crippen MR) is 76.2 cm³/mol. The molecular formula is C16H22FNO. The highest BCUT2D eigenvalue weighted by Crippen LogP contribution is 2.28. The van der Waals surface area contributed by atoms with Crippen LogP contribution < -0.4 is 4.90 Å². The summed E-state index contributed by atoms with van der Waals surface area (Å²) in [5.41, 5.74) is 1.09. The van der Waals surface area contributed by atoms with Crippen LogP contribution in [0.25, 0.3) is 0 Å². The van der Waals surface area contributed by atoms with Crippen molar-refractivity contribution in [2.45, 2.75) is 39.5 Å². The van der Waals surface area contributed by atoms with Gasteiger partial charge in [0.15, 0.2) is 5.78 Å². The molecule has 0 unspecified atom stereocenters. The number of Topliss-reactive ketones (excluding diaryl/α,β-unsaturated/α-hetero) is 1. The monoisotopic (exact) mass is 263 g/mol. The highest BCUT2D eigenvalue weighted by molar-refractivity contribution is 5.94. The van der Waals surface area contributed by atoms with E-state index in [0.29, 0.717) is 11.3 Å². The average molecular weight is 263 g/mol. The Bertz CT molecular complexity index is 450. The van der Waals surface area contributed by atoms with Gasteiger partial charge in [-0.05, 0) is 43.9 Å². The molecule has 3 heteroatoms. The van der Waals surface area contributed by atoms with Gasteiger partial charge in [-0.15, -0.1) is 0 Å². The molecule has 0 amide bonds. The Hall–Kier alpha value is -1.38. The first-order valence-corrected chi connectivity index (χ1v) is 7.17. The van der Waals surface area contributed by atoms with Crippen molar-refractivity contribution < 1.29 is 9.18 Å². The van der Waals surface area contributed by atoms with E-state index in [4.69, 9.17) is 0 Å². The predicted octanol–water partition coefficient (Wildman–Crippen LogP) is 4.04. The molecule has 0 N–H and O–H groups in total. The number of ketones is 1. The molecule has 1 aromatic rings. The SMILES string of the molecule is CCCC1CCN(c2ccc(C(C)=O)cc2F)CC1. The molecule has 2 rings (SSSR count). The summed E-state index contributed by atoms with van der Waals surface area (Å²) < 4.78 is 14.0. The van der Waals surface area contributed by atoms with Crippen LogP contribution in [0.2, 0.25) is 0 Å². The second-order valence-corrected chi connectivity index (χ2v) is 5.44. The number of nitrogens with zero attached hydrogens (tertiary/aromatic N) is 1. The summed E-state index contributed by atoms with van der Waals surface area (Å²) in [6.07, 6.45) is 4.79. The lowest BCUT2D eigenvalue weighted by Crippen LogP contribution is -2.34. The zero-order valence-electron chi connectivity index (χ0n) is 11.8. The van der Waals surface area contributed by atoms with Crippen LogP contribution in [-0.2, 0) is 0 Å². The van der Waals surface area contributed by atoms with Crippen molar-refractivity contribution in [2.24, 2.45) is 5.92 Å². The van der Waals surface area contributed by atoms with E-state index in [0.717, 1.165) is 31.8 Å². The number of piperidine rings is 1. The Morgan fingerprint density at radius 1 is 1.37 bits per heavy atom. The third-order valence-corrected chi connectivity index (χ3v) is 4.01. The minimum Gasteiger partial charge on any atom is -0.369 e. The second kappa shape index (κ2) is 6.18. The smallest absolute Gasteiger partial charge is 0.159 e. The molecule has 1 heterocycles. The van der Waals surface area contributed by atoms with Crippen LogP contribution in [0.4, 0.5) is 10.1 Å². The third kappa shape index (κ3) is 3.34. The van der Waals surface area contributed by atoms with E-state index in [1.807, 2.05) is 0 Å². The number of benzene rings is 1. The lowest BCUT2D eigenvalue weighted by molar-refractivity contribution is 0.101. The number of rotatable bonds is 4. The molecule has 0 radical (unpaired) electrons. The van der Waals surface area contributed by atoms with E-state index in [9.17, 15) is 9.18 Å². The van der Waals surface area contributed by atoms with Crippen molar-refractivity contribution in [1.29, 1.82) is 0 Å². The molecule has 0 aromatic heterocycles. The highest BCUT2D eigenvalue weighted by atomic mass is 19.1. The number of anilines is 1. The molecule has 104 valence electrons. The van der Waals surface area contributed by atoms with E-state index in [-0.39, 0.29) is 11.6 Å². The van der Waals surface area contributed by atoms with Gasteiger partial charge in [-0.2, -0.15) is 0 Å². The first-order chi connectivity index (χ1) is 9.11. The zero-order chi connectivity index (χ0) is 13.8. The fraction of sp³-hybridized carbons (Fsp3) is 0.562. The molecule has 0 aliphatic carbocycles. The van der Waals surface area contributed by atoms with E-state index >= 15 is 0 Å². The number of halogens is 1. The highest BCUT2D eigenvalue weighted by Gasteiger charge is 2.21. The van der Waals surface area contributed by atoms with Crippen molar-refractivity contribution in [2.75, 3.05) is 18.0 Å². The van der Waals surface area contributed by atoms with E-state index in [1.165, 1.54) is 25.8 Å². The minimum atomic E-state index is -0.276. The van der Waals surface area contributed by atoms with Gasteiger partial charge >= 0.3 is 0 Å². The molecule has 0 bridgehead atoms. The van der Waals surface area contributed by atoms with Crippen molar-refractivity contribution in [3.8, 4) is 0 Å². The molecule has 0 saturated carbocycles. The van der Waals surface area contributed by atoms with Gasteiger partial charge in [-0.1, -0.05) is 19.8 Å². The number of hydrogen-bond acceptors (Lipinski definition) is 2. The molecule has 1 aliphatic rings. The summed E-state index contributed by atoms with van der Waals surface area (Å²) in [4.78, 5) is 13.3. The Labute approximate surface area is 114 Å². The summed E-state index contributed by atoms with van der Waals surface area (Å²) in [5, 5.41) is 0. The third-order valence-electron chi connectivity index (χ3n) is 4.01. The first kappa shape index (κ1) is 14.0. The molecule has 1 fully saturated rings. The lowest BCUT2D eigenvalue weighted by atomic mass is 9.92. The zero-order valence-corrected chi connectivity index (χ0v) is 11.8. The standard InChI is InChI=1S/C16H22FNO/c1-3-4-13-7-9-18(10-8-13)16-6-5-14(12(2)19)11-15(16)17/h5-6,11,13H,3-4,7-10H2,1-2H3. The molecule has 0 atom stereocenters. The van der Waals surface area contributed by atoms with Crippen LogP contribution in [0.1, 0.15) is 49.9 Å². The fourth-order valence-electron chi connectivity index (χ4n) is 2.85. The number of carbonyl (C=O) groups is 1. The molecule has 1 aromatic carbocycles. The maximum Gasteiger partial charge on any atom is 0.159 e. The quantitative estimate of drug-likeness (QED) is 0.764. The summed E-state index contributed by atoms with van der Waals surface area (Å²) in [6.45, 7) is 5.51. The van der Waals surface area contributed by atoms with Gasteiger partial charge in [-0.3, -0.25) is 4.79 Å². The van der Waals surface area contributed by atoms with Crippen LogP contribution in [0.15, 0.2) is 18.2 Å². The molecular weight excluding hydrogens is 241 g/mol. The van der Waals surface area contributed by atoms with Crippen molar-refractivity contribution in [1.82, 2.24) is 0 Å². The van der Waals surface area contributed by atoms with Crippen LogP contribution in [0.3, 0.4) is 0 Å². The van der Waals surface area contributed by atoms with Crippen molar-refractivity contribution in [3.63, 3.8) is 0 Å². The van der Waals surface area contributed by atoms with Crippen molar-refractivity contribution in [3.05, 3.63) is 29.6 Å². The Morgan fingerprint density at radius 2 is 2.05 bits per heavy atom. The van der Waals surface area contributed by atoms with Gasteiger partial charge in [0, 0.05) is 18.7 Å². The molecule has 19 heavy (non-hydrogen) atoms. The van der Waals surface area contributed by atoms with Crippen LogP contribution in [-0.4, -0.2) is 18.9 Å². The van der Waals surface area contributed by atoms with Gasteiger partial charge in [0.2, 0.25) is 0 Å². The van der Waals surface area contributed by atoms with E-state index < -0.39 is 0 Å². The van der Waals surface area contributed by atoms with Crippen LogP contribution in [0, 0.1) is 11.7 Å². The average Bonchev–Trinajstić information content (AvgIpc) is 2.40. The molecule has 2 nitrogen and oxygen atoms in total. The normalized spacial score (nSPS) is 16.7. The topological polar surface area (TPSA) is 20.3 Å². The second-order valence-electron chi connectivity index (χ2n) is 5.44. The van der Waals surface area contributed by atoms with Gasteiger partial charge in [0.1, 0.15) is 5.82 Å². The molecule has 1 aliphatic heterocycles. The molecule has 1 saturated heterocycles. The van der Waals surface area contributed by atoms with Gasteiger partial charge < -0.3 is 4.90 Å². The summed E-state index contributed by atoms with van der Waals surface area (Å²) in [6, 6.07) is 4.82. The van der Waals surface area contributed by atoms with Crippen molar-refractivity contribution >= 4 is 11.5 Å². The number of carbonyl (C=O) groups excluding carboxylic acids is 1. The molecule has 0 spiro atoms. The largest absolute Gasteiger partial charge is 0.369 e. The van der Waals surface area contributed by atoms with E-state index in [2.05, 4.69) is 11.8 Å². The summed E-state index contributed by atoms with van der Waals surface area (Å²) in [5.74, 6) is 0.426. The van der Waals surface area contributed by atoms with Gasteiger partial charge in [0.05, 0.1) is 5.69 Å². The number of hydrogen-bond donors (Lipinski definition) is 0. The minimum absolute atomic E-state index is 0.0906. The Morgan fingerprint density at radius 3 is 2.58 bits per heavy atom. The fourth-order valence-corrected chi connectivity index (χ4v) is 2.85.